The molecule has 4 aromatic carbocycles. The predicted octanol–water partition coefficient (Wildman–Crippen LogP) is 4.22. The van der Waals surface area contributed by atoms with Crippen LogP contribution in [0.1, 0.15) is 0 Å². The lowest BCUT2D eigenvalue weighted by atomic mass is 10.1. The lowest BCUT2D eigenvalue weighted by Gasteiger charge is -2.23. The molecule has 4 aromatic rings. The van der Waals surface area contributed by atoms with Crippen LogP contribution in [-0.2, 0) is 20.2 Å². The van der Waals surface area contributed by atoms with Gasteiger partial charge in [-0.15, -0.1) is 10.2 Å². The Bertz CT molecular complexity index is 1930. The van der Waals surface area contributed by atoms with E-state index in [2.05, 4.69) is 15.7 Å². The molecule has 0 atom stereocenters. The predicted molar refractivity (Wildman–Crippen MR) is 154 cm³/mol. The summed E-state index contributed by atoms with van der Waals surface area (Å²) < 4.78 is 77.7. The SMILES string of the molecule is COc1cc(NN(C)c2ccc(O)cc2)c(OC)cc1N=Nc1c(S(=O)(=O)O)cc2cc(S(=O)(=O)O)cc(N)c2c1O. The Labute approximate surface area is 239 Å². The minimum absolute atomic E-state index is 0.0302. The summed E-state index contributed by atoms with van der Waals surface area (Å²) in [5.74, 6) is -0.327. The first-order chi connectivity index (χ1) is 19.6. The third-order valence-corrected chi connectivity index (χ3v) is 7.71. The Morgan fingerprint density at radius 1 is 0.857 bits per heavy atom. The number of phenolic OH excluding ortho intramolecular Hbond substituents is 2. The van der Waals surface area contributed by atoms with Crippen molar-refractivity contribution in [3.05, 3.63) is 54.6 Å². The van der Waals surface area contributed by atoms with Crippen LogP contribution < -0.4 is 25.6 Å². The van der Waals surface area contributed by atoms with Crippen molar-refractivity contribution in [1.82, 2.24) is 0 Å². The van der Waals surface area contributed by atoms with E-state index >= 15 is 0 Å². The number of nitrogens with zero attached hydrogens (tertiary/aromatic N) is 3. The maximum absolute atomic E-state index is 12.2. The smallest absolute Gasteiger partial charge is 0.296 e. The van der Waals surface area contributed by atoms with Crippen LogP contribution in [0, 0.1) is 0 Å². The molecule has 0 spiro atoms. The van der Waals surface area contributed by atoms with Crippen molar-refractivity contribution >= 4 is 59.4 Å². The molecule has 0 aliphatic carbocycles. The van der Waals surface area contributed by atoms with Crippen molar-refractivity contribution < 1.29 is 45.6 Å². The van der Waals surface area contributed by atoms with Gasteiger partial charge in [-0.1, -0.05) is 0 Å². The van der Waals surface area contributed by atoms with Gasteiger partial charge in [-0.2, -0.15) is 16.8 Å². The van der Waals surface area contributed by atoms with Crippen LogP contribution in [0.5, 0.6) is 23.0 Å². The molecule has 0 radical (unpaired) electrons. The highest BCUT2D eigenvalue weighted by molar-refractivity contribution is 7.86. The molecular weight excluding hydrogens is 594 g/mol. The number of methoxy groups -OCH3 is 2. The van der Waals surface area contributed by atoms with Crippen molar-refractivity contribution in [1.29, 1.82) is 0 Å². The van der Waals surface area contributed by atoms with Crippen LogP contribution in [0.3, 0.4) is 0 Å². The molecular formula is C25H25N5O10S2. The summed E-state index contributed by atoms with van der Waals surface area (Å²) in [5.41, 5.74) is 9.13. The summed E-state index contributed by atoms with van der Waals surface area (Å²) >= 11 is 0. The number of nitrogens with one attached hydrogen (secondary N) is 1. The average molecular weight is 620 g/mol. The second-order valence-electron chi connectivity index (χ2n) is 8.74. The van der Waals surface area contributed by atoms with Crippen molar-refractivity contribution in [2.45, 2.75) is 9.79 Å². The van der Waals surface area contributed by atoms with Gasteiger partial charge < -0.3 is 25.4 Å². The molecule has 42 heavy (non-hydrogen) atoms. The minimum atomic E-state index is -5.04. The summed E-state index contributed by atoms with van der Waals surface area (Å²) in [6, 6.07) is 11.9. The first-order valence-electron chi connectivity index (χ1n) is 11.7. The molecule has 15 nitrogen and oxygen atoms in total. The summed E-state index contributed by atoms with van der Waals surface area (Å²) in [5, 5.41) is 29.5. The highest BCUT2D eigenvalue weighted by Crippen LogP contribution is 2.45. The Kier molecular flexibility index (Phi) is 8.04. The van der Waals surface area contributed by atoms with E-state index in [-0.39, 0.29) is 39.4 Å². The van der Waals surface area contributed by atoms with E-state index in [0.717, 1.165) is 18.2 Å². The largest absolute Gasteiger partial charge is 0.508 e. The van der Waals surface area contributed by atoms with Gasteiger partial charge in [0.1, 0.15) is 39.2 Å². The molecule has 4 rings (SSSR count). The monoisotopic (exact) mass is 619 g/mol. The second kappa shape index (κ2) is 11.2. The number of azo groups is 1. The third-order valence-electron chi connectivity index (χ3n) is 6.01. The second-order valence-corrected chi connectivity index (χ2v) is 11.6. The first kappa shape index (κ1) is 30.1. The van der Waals surface area contributed by atoms with E-state index in [0.29, 0.717) is 11.4 Å². The fourth-order valence-electron chi connectivity index (χ4n) is 4.01. The quantitative estimate of drug-likeness (QED) is 0.0667. The van der Waals surface area contributed by atoms with E-state index in [4.69, 9.17) is 15.2 Å². The fourth-order valence-corrected chi connectivity index (χ4v) is 5.22. The number of fused-ring (bicyclic) bond motifs is 1. The molecule has 0 saturated carbocycles. The van der Waals surface area contributed by atoms with Gasteiger partial charge in [-0.3, -0.25) is 19.5 Å². The number of anilines is 3. The average Bonchev–Trinajstić information content (AvgIpc) is 2.91. The maximum atomic E-state index is 12.2. The zero-order valence-electron chi connectivity index (χ0n) is 22.2. The van der Waals surface area contributed by atoms with Gasteiger partial charge in [0, 0.05) is 30.3 Å². The first-order valence-corrected chi connectivity index (χ1v) is 14.5. The molecule has 0 aliphatic heterocycles. The summed E-state index contributed by atoms with van der Waals surface area (Å²) in [6.45, 7) is 0. The van der Waals surface area contributed by atoms with Gasteiger partial charge in [0.2, 0.25) is 0 Å². The van der Waals surface area contributed by atoms with Crippen molar-refractivity contribution in [2.24, 2.45) is 10.2 Å². The summed E-state index contributed by atoms with van der Waals surface area (Å²) in [7, 11) is -5.32. The van der Waals surface area contributed by atoms with Crippen molar-refractivity contribution in [3.63, 3.8) is 0 Å². The van der Waals surface area contributed by atoms with E-state index in [9.17, 15) is 36.2 Å². The number of hydrogen-bond donors (Lipinski definition) is 6. The lowest BCUT2D eigenvalue weighted by Crippen LogP contribution is -2.24. The van der Waals surface area contributed by atoms with E-state index < -0.39 is 41.5 Å². The lowest BCUT2D eigenvalue weighted by molar-refractivity contribution is 0.405. The number of hydrazine groups is 1. The van der Waals surface area contributed by atoms with E-state index in [1.54, 1.807) is 24.2 Å². The number of nitrogens with two attached hydrogens (primary N) is 1. The van der Waals surface area contributed by atoms with Crippen LogP contribution in [-0.4, -0.2) is 57.4 Å². The number of rotatable bonds is 9. The topological polar surface area (TPSA) is 234 Å². The Balaban J connectivity index is 1.82. The Morgan fingerprint density at radius 2 is 1.50 bits per heavy atom. The van der Waals surface area contributed by atoms with Crippen LogP contribution in [0.15, 0.2) is 74.6 Å². The van der Waals surface area contributed by atoms with Gasteiger partial charge in [0.15, 0.2) is 5.75 Å². The maximum Gasteiger partial charge on any atom is 0.296 e. The van der Waals surface area contributed by atoms with Crippen LogP contribution in [0.25, 0.3) is 10.8 Å². The molecule has 17 heteroatoms. The van der Waals surface area contributed by atoms with Crippen LogP contribution >= 0.6 is 0 Å². The highest BCUT2D eigenvalue weighted by atomic mass is 32.2. The number of nitrogen functional groups attached to an aromatic ring is 1. The minimum Gasteiger partial charge on any atom is -0.508 e. The Hall–Kier alpha value is -4.84. The summed E-state index contributed by atoms with van der Waals surface area (Å²) in [6.07, 6.45) is 0. The third kappa shape index (κ3) is 6.08. The number of ether oxygens (including phenoxy) is 2. The van der Waals surface area contributed by atoms with Crippen LogP contribution in [0.4, 0.5) is 28.4 Å². The molecule has 0 aromatic heterocycles. The Morgan fingerprint density at radius 3 is 2.07 bits per heavy atom. The van der Waals surface area contributed by atoms with E-state index in [1.807, 2.05) is 0 Å². The van der Waals surface area contributed by atoms with Crippen molar-refractivity contribution in [3.8, 4) is 23.0 Å². The van der Waals surface area contributed by atoms with Gasteiger partial charge in [-0.25, -0.2) is 0 Å². The van der Waals surface area contributed by atoms with Gasteiger partial charge >= 0.3 is 0 Å². The van der Waals surface area contributed by atoms with Crippen LogP contribution in [0.2, 0.25) is 0 Å². The number of aromatic hydroxyl groups is 2. The number of phenols is 2. The van der Waals surface area contributed by atoms with Gasteiger partial charge in [0.05, 0.1) is 24.8 Å². The van der Waals surface area contributed by atoms with Gasteiger partial charge in [-0.05, 0) is 47.9 Å². The summed E-state index contributed by atoms with van der Waals surface area (Å²) in [4.78, 5) is -1.58. The molecule has 0 saturated heterocycles. The molecule has 0 heterocycles. The highest BCUT2D eigenvalue weighted by Gasteiger charge is 2.25. The zero-order valence-corrected chi connectivity index (χ0v) is 23.8. The molecule has 0 unspecified atom stereocenters. The molecule has 7 N–H and O–H groups in total. The molecule has 0 bridgehead atoms. The normalized spacial score (nSPS) is 12.0. The molecule has 0 aliphatic rings. The molecule has 0 fully saturated rings. The zero-order chi connectivity index (χ0) is 31.0. The molecule has 222 valence electrons. The van der Waals surface area contributed by atoms with Crippen molar-refractivity contribution in [2.75, 3.05) is 37.4 Å². The fraction of sp³-hybridized carbons (Fsp3) is 0.120. The number of hydrogen-bond acceptors (Lipinski definition) is 13. The molecule has 0 amide bonds. The number of benzene rings is 4. The standard InChI is InChI=1S/C25H25N5O10S2/c1-30(14-4-6-15(31)7-5-14)29-19-12-20(39-2)18(11-21(19)40-3)27-28-24-22(42(36,37)38)9-13-8-16(41(33,34)35)10-17(26)23(13)25(24)32/h4-12,29,31-32H,26H2,1-3H3,(H,33,34,35)(H,36,37,38). The van der Waals surface area contributed by atoms with Gasteiger partial charge in [0.25, 0.3) is 20.2 Å². The van der Waals surface area contributed by atoms with E-state index in [1.165, 1.54) is 38.5 Å².